The monoisotopic (exact) mass is 234 g/mol. The summed E-state index contributed by atoms with van der Waals surface area (Å²) in [5.41, 5.74) is 1.36. The van der Waals surface area contributed by atoms with Gasteiger partial charge in [-0.25, -0.2) is 4.39 Å². The van der Waals surface area contributed by atoms with Crippen molar-refractivity contribution in [3.63, 3.8) is 0 Å². The Hall–Kier alpha value is -1.38. The first-order chi connectivity index (χ1) is 8.14. The van der Waals surface area contributed by atoms with Crippen LogP contribution in [0, 0.1) is 5.82 Å². The number of rotatable bonds is 1. The van der Waals surface area contributed by atoms with Crippen LogP contribution in [-0.4, -0.2) is 11.1 Å². The average molecular weight is 234 g/mol. The van der Waals surface area contributed by atoms with E-state index in [0.717, 1.165) is 25.7 Å². The summed E-state index contributed by atoms with van der Waals surface area (Å²) in [5.74, 6) is -1.56. The van der Waals surface area contributed by atoms with Crippen LogP contribution in [0.3, 0.4) is 0 Å². The molecule has 17 heavy (non-hydrogen) atoms. The Morgan fingerprint density at radius 1 is 1.35 bits per heavy atom. The second-order valence-corrected chi connectivity index (χ2v) is 5.27. The van der Waals surface area contributed by atoms with Crippen LogP contribution >= 0.6 is 0 Å². The molecule has 2 aliphatic carbocycles. The van der Waals surface area contributed by atoms with Crippen molar-refractivity contribution < 1.29 is 14.3 Å². The number of carbonyl (C=O) groups is 1. The Balaban J connectivity index is 2.16. The summed E-state index contributed by atoms with van der Waals surface area (Å²) in [6.07, 6.45) is 4.61. The number of benzene rings is 1. The smallest absolute Gasteiger partial charge is 0.310 e. The molecule has 90 valence electrons. The van der Waals surface area contributed by atoms with Crippen LogP contribution in [0.5, 0.6) is 0 Å². The highest BCUT2D eigenvalue weighted by Gasteiger charge is 2.47. The van der Waals surface area contributed by atoms with Crippen molar-refractivity contribution in [3.05, 3.63) is 35.1 Å². The number of carboxylic acids is 1. The molecule has 0 heterocycles. The van der Waals surface area contributed by atoms with E-state index in [9.17, 15) is 14.3 Å². The Morgan fingerprint density at radius 2 is 2.12 bits per heavy atom. The summed E-state index contributed by atoms with van der Waals surface area (Å²) in [7, 11) is 0. The van der Waals surface area contributed by atoms with Crippen LogP contribution < -0.4 is 0 Å². The van der Waals surface area contributed by atoms with Crippen LogP contribution in [0.4, 0.5) is 4.39 Å². The molecule has 3 heteroatoms. The maximum Gasteiger partial charge on any atom is 0.310 e. The van der Waals surface area contributed by atoms with Crippen molar-refractivity contribution in [3.8, 4) is 0 Å². The van der Waals surface area contributed by atoms with Gasteiger partial charge in [-0.3, -0.25) is 4.79 Å². The van der Waals surface area contributed by atoms with Gasteiger partial charge in [-0.2, -0.15) is 0 Å². The molecule has 0 aromatic heterocycles. The van der Waals surface area contributed by atoms with Gasteiger partial charge in [0.1, 0.15) is 5.82 Å². The molecule has 2 aliphatic rings. The van der Waals surface area contributed by atoms with Gasteiger partial charge in [-0.1, -0.05) is 18.6 Å². The fourth-order valence-corrected chi connectivity index (χ4v) is 3.45. The summed E-state index contributed by atoms with van der Waals surface area (Å²) < 4.78 is 14.0. The molecule has 1 unspecified atom stereocenters. The van der Waals surface area contributed by atoms with Crippen LogP contribution in [-0.2, 0) is 10.2 Å². The van der Waals surface area contributed by atoms with Gasteiger partial charge in [0, 0.05) is 0 Å². The number of hydrogen-bond acceptors (Lipinski definition) is 1. The molecule has 1 aromatic carbocycles. The van der Waals surface area contributed by atoms with E-state index >= 15 is 0 Å². The van der Waals surface area contributed by atoms with Gasteiger partial charge in [0.15, 0.2) is 0 Å². The quantitative estimate of drug-likeness (QED) is 0.810. The summed E-state index contributed by atoms with van der Waals surface area (Å²) in [6.45, 7) is 0. The van der Waals surface area contributed by atoms with E-state index < -0.39 is 11.9 Å². The number of fused-ring (bicyclic) bond motifs is 2. The van der Waals surface area contributed by atoms with E-state index in [0.29, 0.717) is 17.5 Å². The van der Waals surface area contributed by atoms with Gasteiger partial charge in [0.25, 0.3) is 0 Å². The van der Waals surface area contributed by atoms with Crippen molar-refractivity contribution in [2.45, 2.75) is 43.4 Å². The van der Waals surface area contributed by atoms with Crippen molar-refractivity contribution in [1.29, 1.82) is 0 Å². The highest BCUT2D eigenvalue weighted by molar-refractivity contribution is 5.77. The summed E-state index contributed by atoms with van der Waals surface area (Å²) in [4.78, 5) is 11.2. The van der Waals surface area contributed by atoms with E-state index in [4.69, 9.17) is 0 Å². The third-order valence-electron chi connectivity index (χ3n) is 4.47. The fourth-order valence-electron chi connectivity index (χ4n) is 3.45. The topological polar surface area (TPSA) is 37.3 Å². The molecular formula is C14H15FO2. The molecule has 1 aromatic rings. The van der Waals surface area contributed by atoms with Crippen LogP contribution in [0.15, 0.2) is 18.2 Å². The normalized spacial score (nSPS) is 25.1. The Bertz CT molecular complexity index is 477. The highest BCUT2D eigenvalue weighted by Crippen LogP contribution is 2.54. The van der Waals surface area contributed by atoms with E-state index in [1.807, 2.05) is 0 Å². The van der Waals surface area contributed by atoms with Crippen LogP contribution in [0.2, 0.25) is 0 Å². The molecule has 0 bridgehead atoms. The number of aliphatic carboxylic acids is 1. The third-order valence-corrected chi connectivity index (χ3v) is 4.47. The number of hydrogen-bond donors (Lipinski definition) is 1. The second kappa shape index (κ2) is 3.56. The van der Waals surface area contributed by atoms with Crippen molar-refractivity contribution in [2.24, 2.45) is 0 Å². The predicted molar refractivity (Wildman–Crippen MR) is 61.5 cm³/mol. The minimum absolute atomic E-state index is 0.0490. The van der Waals surface area contributed by atoms with Crippen molar-refractivity contribution >= 4 is 5.97 Å². The molecular weight excluding hydrogens is 219 g/mol. The Kier molecular flexibility index (Phi) is 2.25. The van der Waals surface area contributed by atoms with E-state index in [2.05, 4.69) is 0 Å². The zero-order valence-electron chi connectivity index (χ0n) is 9.58. The van der Waals surface area contributed by atoms with Crippen LogP contribution in [0.25, 0.3) is 0 Å². The number of carboxylic acid groups (broad SMARTS) is 1. The van der Waals surface area contributed by atoms with Crippen molar-refractivity contribution in [2.75, 3.05) is 0 Å². The molecule has 1 spiro atoms. The summed E-state index contributed by atoms with van der Waals surface area (Å²) >= 11 is 0. The first kappa shape index (κ1) is 10.8. The molecule has 2 nitrogen and oxygen atoms in total. The number of halogens is 1. The van der Waals surface area contributed by atoms with E-state index in [1.54, 1.807) is 12.1 Å². The Morgan fingerprint density at radius 3 is 2.71 bits per heavy atom. The molecule has 1 N–H and O–H groups in total. The lowest BCUT2D eigenvalue weighted by atomic mass is 9.56. The highest BCUT2D eigenvalue weighted by atomic mass is 19.1. The van der Waals surface area contributed by atoms with Gasteiger partial charge in [-0.15, -0.1) is 0 Å². The molecule has 0 radical (unpaired) electrons. The van der Waals surface area contributed by atoms with Gasteiger partial charge in [-0.05, 0) is 48.3 Å². The molecule has 1 fully saturated rings. The molecule has 0 saturated heterocycles. The minimum Gasteiger partial charge on any atom is -0.481 e. The lowest BCUT2D eigenvalue weighted by molar-refractivity contribution is -0.139. The lowest BCUT2D eigenvalue weighted by Crippen LogP contribution is -2.40. The maximum absolute atomic E-state index is 14.0. The molecule has 0 aliphatic heterocycles. The first-order valence-electron chi connectivity index (χ1n) is 6.16. The fraction of sp³-hybridized carbons (Fsp3) is 0.500. The lowest BCUT2D eigenvalue weighted by Gasteiger charge is -2.47. The SMILES string of the molecule is O=C(O)C1CCC2(CCC2)c2c(F)cccc21. The van der Waals surface area contributed by atoms with Crippen LogP contribution in [0.1, 0.15) is 49.1 Å². The predicted octanol–water partition coefficient (Wildman–Crippen LogP) is 3.21. The van der Waals surface area contributed by atoms with Gasteiger partial charge >= 0.3 is 5.97 Å². The molecule has 1 atom stereocenters. The zero-order valence-corrected chi connectivity index (χ0v) is 9.58. The van der Waals surface area contributed by atoms with Gasteiger partial charge in [0.2, 0.25) is 0 Å². The molecule has 1 saturated carbocycles. The first-order valence-corrected chi connectivity index (χ1v) is 6.16. The van der Waals surface area contributed by atoms with Gasteiger partial charge in [0.05, 0.1) is 5.92 Å². The second-order valence-electron chi connectivity index (χ2n) is 5.27. The van der Waals surface area contributed by atoms with Crippen molar-refractivity contribution in [1.82, 2.24) is 0 Å². The van der Waals surface area contributed by atoms with E-state index in [-0.39, 0.29) is 11.2 Å². The largest absolute Gasteiger partial charge is 0.481 e. The molecule has 3 rings (SSSR count). The standard InChI is InChI=1S/C14H15FO2/c15-11-4-1-3-9-10(13(16)17)5-8-14(12(9)11)6-2-7-14/h1,3-4,10H,2,5-8H2,(H,16,17). The molecule has 0 amide bonds. The maximum atomic E-state index is 14.0. The zero-order chi connectivity index (χ0) is 12.0. The minimum atomic E-state index is -0.828. The third kappa shape index (κ3) is 1.41. The summed E-state index contributed by atoms with van der Waals surface area (Å²) in [5, 5.41) is 9.21. The van der Waals surface area contributed by atoms with Gasteiger partial charge < -0.3 is 5.11 Å². The average Bonchev–Trinajstić information content (AvgIpc) is 2.25. The van der Waals surface area contributed by atoms with E-state index in [1.165, 1.54) is 6.07 Å². The Labute approximate surface area is 99.5 Å². The summed E-state index contributed by atoms with van der Waals surface area (Å²) in [6, 6.07) is 4.88.